The van der Waals surface area contributed by atoms with Crippen LogP contribution < -0.4 is 0 Å². The molecule has 1 heteroatoms. The van der Waals surface area contributed by atoms with Gasteiger partial charge in [-0.1, -0.05) is 99.8 Å². The van der Waals surface area contributed by atoms with Crippen LogP contribution in [0.5, 0.6) is 0 Å². The molecule has 1 aliphatic carbocycles. The first kappa shape index (κ1) is 34.0. The van der Waals surface area contributed by atoms with Crippen LogP contribution in [0, 0.1) is 23.2 Å². The van der Waals surface area contributed by atoms with E-state index in [-0.39, 0.29) is 7.43 Å². The zero-order valence-electron chi connectivity index (χ0n) is 20.4. The molecule has 0 amide bonds. The van der Waals surface area contributed by atoms with Gasteiger partial charge in [-0.2, -0.15) is 0 Å². The van der Waals surface area contributed by atoms with Crippen molar-refractivity contribution >= 4 is 0 Å². The molecule has 27 heavy (non-hydrogen) atoms. The summed E-state index contributed by atoms with van der Waals surface area (Å²) in [6.07, 6.45) is 11.4. The van der Waals surface area contributed by atoms with Gasteiger partial charge in [-0.25, -0.2) is 0 Å². The van der Waals surface area contributed by atoms with E-state index in [1.807, 2.05) is 27.7 Å². The molecule has 0 radical (unpaired) electrons. The average Bonchev–Trinajstić information content (AvgIpc) is 2.70. The molecule has 1 aliphatic rings. The minimum atomic E-state index is 0. The van der Waals surface area contributed by atoms with Crippen LogP contribution in [0.1, 0.15) is 116 Å². The first-order valence-corrected chi connectivity index (χ1v) is 11.2. The van der Waals surface area contributed by atoms with E-state index >= 15 is 0 Å². The summed E-state index contributed by atoms with van der Waals surface area (Å²) >= 11 is 0. The molecule has 1 saturated carbocycles. The van der Waals surface area contributed by atoms with Crippen molar-refractivity contribution in [3.8, 4) is 0 Å². The molecule has 0 bridgehead atoms. The molecule has 0 heterocycles. The van der Waals surface area contributed by atoms with Crippen LogP contribution in [0.4, 0.5) is 0 Å². The summed E-state index contributed by atoms with van der Waals surface area (Å²) in [4.78, 5) is 0. The van der Waals surface area contributed by atoms with Crippen LogP contribution in [-0.4, -0.2) is 12.2 Å². The monoisotopic (exact) mass is 384 g/mol. The molecule has 0 spiro atoms. The van der Waals surface area contributed by atoms with Crippen molar-refractivity contribution in [3.63, 3.8) is 0 Å². The van der Waals surface area contributed by atoms with Gasteiger partial charge in [0.1, 0.15) is 0 Å². The molecule has 0 aromatic carbocycles. The molecule has 0 aliphatic heterocycles. The van der Waals surface area contributed by atoms with Crippen molar-refractivity contribution in [3.05, 3.63) is 23.3 Å². The van der Waals surface area contributed by atoms with Crippen LogP contribution >= 0.6 is 0 Å². The topological polar surface area (TPSA) is 20.2 Å². The quantitative estimate of drug-likeness (QED) is 0.468. The SMILES string of the molecule is C.C/C=C\C(=C(C)C)C1CCC(C)(CC)C(CC)C1CC.CC.CC.CO. The average molecular weight is 385 g/mol. The fourth-order valence-corrected chi connectivity index (χ4v) is 4.71. The van der Waals surface area contributed by atoms with Crippen LogP contribution in [-0.2, 0) is 0 Å². The number of hydrogen-bond donors (Lipinski definition) is 1. The minimum Gasteiger partial charge on any atom is -0.400 e. The van der Waals surface area contributed by atoms with E-state index in [2.05, 4.69) is 60.6 Å². The maximum Gasteiger partial charge on any atom is 0.0319 e. The van der Waals surface area contributed by atoms with Crippen LogP contribution in [0.15, 0.2) is 23.3 Å². The van der Waals surface area contributed by atoms with Gasteiger partial charge in [0, 0.05) is 7.11 Å². The molecule has 1 rings (SSSR count). The molecule has 1 fully saturated rings. The van der Waals surface area contributed by atoms with Gasteiger partial charge in [-0.05, 0) is 62.4 Å². The Labute approximate surface area is 174 Å². The lowest BCUT2D eigenvalue weighted by molar-refractivity contribution is 0.0196. The highest BCUT2D eigenvalue weighted by Crippen LogP contribution is 2.53. The lowest BCUT2D eigenvalue weighted by Gasteiger charge is -2.50. The Bertz CT molecular complexity index is 362. The van der Waals surface area contributed by atoms with Gasteiger partial charge in [-0.15, -0.1) is 0 Å². The van der Waals surface area contributed by atoms with Gasteiger partial charge in [0.15, 0.2) is 0 Å². The van der Waals surface area contributed by atoms with E-state index < -0.39 is 0 Å². The standard InChI is InChI=1S/C20H36.2C2H6.CH4O.CH4/c1-8-12-17(15(5)6)18-13-14-20(7,11-4)19(10-3)16(18)9-2;3*1-2;/h8,12,16,18-19H,9-11,13-14H2,1-7H3;2*1-2H3;2H,1H3;1H4/b12-8-;;;;. The molecule has 1 nitrogen and oxygen atoms in total. The fourth-order valence-electron chi connectivity index (χ4n) is 4.71. The van der Waals surface area contributed by atoms with Crippen molar-refractivity contribution in [2.45, 2.75) is 116 Å². The normalized spacial score (nSPS) is 26.2. The Morgan fingerprint density at radius 2 is 1.48 bits per heavy atom. The summed E-state index contributed by atoms with van der Waals surface area (Å²) in [5, 5.41) is 7.00. The molecule has 0 aromatic rings. The zero-order valence-corrected chi connectivity index (χ0v) is 20.4. The first-order valence-electron chi connectivity index (χ1n) is 11.2. The Balaban J connectivity index is -0.000000342. The van der Waals surface area contributed by atoms with Crippen LogP contribution in [0.2, 0.25) is 0 Å². The lowest BCUT2D eigenvalue weighted by Crippen LogP contribution is -2.41. The number of rotatable bonds is 5. The summed E-state index contributed by atoms with van der Waals surface area (Å²) < 4.78 is 0. The maximum absolute atomic E-state index is 7.00. The molecule has 0 saturated heterocycles. The highest BCUT2D eigenvalue weighted by molar-refractivity contribution is 5.28. The third-order valence-electron chi connectivity index (χ3n) is 6.00. The maximum atomic E-state index is 7.00. The third-order valence-corrected chi connectivity index (χ3v) is 6.00. The van der Waals surface area contributed by atoms with Crippen molar-refractivity contribution in [1.29, 1.82) is 0 Å². The molecule has 1 N–H and O–H groups in total. The molecular weight excluding hydrogens is 328 g/mol. The van der Waals surface area contributed by atoms with E-state index in [0.29, 0.717) is 5.41 Å². The van der Waals surface area contributed by atoms with Gasteiger partial charge >= 0.3 is 0 Å². The summed E-state index contributed by atoms with van der Waals surface area (Å²) in [5.74, 6) is 2.53. The Hall–Kier alpha value is -0.560. The Morgan fingerprint density at radius 1 is 1.00 bits per heavy atom. The predicted octanol–water partition coefficient (Wildman–Crippen LogP) is 9.07. The largest absolute Gasteiger partial charge is 0.400 e. The first-order chi connectivity index (χ1) is 12.4. The van der Waals surface area contributed by atoms with Crippen LogP contribution in [0.3, 0.4) is 0 Å². The van der Waals surface area contributed by atoms with Gasteiger partial charge in [0.2, 0.25) is 0 Å². The highest BCUT2D eigenvalue weighted by Gasteiger charge is 2.44. The third kappa shape index (κ3) is 9.97. The van der Waals surface area contributed by atoms with E-state index in [4.69, 9.17) is 5.11 Å². The summed E-state index contributed by atoms with van der Waals surface area (Å²) in [5.41, 5.74) is 3.70. The fraction of sp³-hybridized carbons (Fsp3) is 0.846. The van der Waals surface area contributed by atoms with Crippen molar-refractivity contribution in [2.24, 2.45) is 23.2 Å². The summed E-state index contributed by atoms with van der Waals surface area (Å²) in [7, 11) is 1.00. The van der Waals surface area contributed by atoms with E-state index in [1.54, 1.807) is 5.57 Å². The zero-order chi connectivity index (χ0) is 21.3. The number of aliphatic hydroxyl groups excluding tert-OH is 1. The highest BCUT2D eigenvalue weighted by atomic mass is 16.2. The van der Waals surface area contributed by atoms with Crippen molar-refractivity contribution in [2.75, 3.05) is 7.11 Å². The molecular formula is C26H56O. The van der Waals surface area contributed by atoms with Gasteiger partial charge < -0.3 is 5.11 Å². The van der Waals surface area contributed by atoms with Gasteiger partial charge in [0.25, 0.3) is 0 Å². The lowest BCUT2D eigenvalue weighted by atomic mass is 9.55. The Morgan fingerprint density at radius 3 is 1.78 bits per heavy atom. The van der Waals surface area contributed by atoms with E-state index in [9.17, 15) is 0 Å². The molecule has 4 atom stereocenters. The molecule has 166 valence electrons. The molecule has 4 unspecified atom stereocenters. The molecule has 0 aromatic heterocycles. The minimum absolute atomic E-state index is 0. The van der Waals surface area contributed by atoms with Gasteiger partial charge in [0.05, 0.1) is 0 Å². The van der Waals surface area contributed by atoms with Gasteiger partial charge in [-0.3, -0.25) is 0 Å². The van der Waals surface area contributed by atoms with E-state index in [1.165, 1.54) is 37.7 Å². The second-order valence-electron chi connectivity index (χ2n) is 7.19. The Kier molecular flexibility index (Phi) is 25.4. The predicted molar refractivity (Wildman–Crippen MR) is 129 cm³/mol. The summed E-state index contributed by atoms with van der Waals surface area (Å²) in [6.45, 7) is 24.5. The van der Waals surface area contributed by atoms with Crippen molar-refractivity contribution in [1.82, 2.24) is 0 Å². The summed E-state index contributed by atoms with van der Waals surface area (Å²) in [6, 6.07) is 0. The van der Waals surface area contributed by atoms with E-state index in [0.717, 1.165) is 24.9 Å². The number of allylic oxidation sites excluding steroid dienone is 4. The second kappa shape index (κ2) is 20.2. The van der Waals surface area contributed by atoms with Crippen molar-refractivity contribution < 1.29 is 5.11 Å². The second-order valence-corrected chi connectivity index (χ2v) is 7.19. The smallest absolute Gasteiger partial charge is 0.0319 e. The number of aliphatic hydroxyl groups is 1. The number of hydrogen-bond acceptors (Lipinski definition) is 1. The van der Waals surface area contributed by atoms with Crippen LogP contribution in [0.25, 0.3) is 0 Å².